The fraction of sp³-hybridized carbons (Fsp3) is 0.214. The van der Waals surface area contributed by atoms with Gasteiger partial charge in [-0.1, -0.05) is 29.8 Å². The Kier molecular flexibility index (Phi) is 4.15. The summed E-state index contributed by atoms with van der Waals surface area (Å²) >= 11 is 0. The monoisotopic (exact) mass is 309 g/mol. The number of carboxylic acids is 1. The third kappa shape index (κ3) is 3.50. The van der Waals surface area contributed by atoms with Crippen molar-refractivity contribution in [3.63, 3.8) is 0 Å². The van der Waals surface area contributed by atoms with Crippen molar-refractivity contribution in [3.05, 3.63) is 53.3 Å². The molecule has 0 fully saturated rings. The Hall–Kier alpha value is -2.12. The van der Waals surface area contributed by atoms with E-state index in [1.165, 1.54) is 0 Å². The number of hydrogen-bond acceptors (Lipinski definition) is 4. The van der Waals surface area contributed by atoms with E-state index >= 15 is 0 Å². The van der Waals surface area contributed by atoms with E-state index in [1.54, 1.807) is 6.92 Å². The molecular formula is C14H15NO5S. The Labute approximate surface area is 122 Å². The van der Waals surface area contributed by atoms with Crippen LogP contribution < -0.4 is 4.72 Å². The Balaban J connectivity index is 2.20. The molecule has 0 aliphatic heterocycles. The number of furan rings is 1. The topological polar surface area (TPSA) is 96.6 Å². The van der Waals surface area contributed by atoms with Crippen LogP contribution in [0.25, 0.3) is 0 Å². The predicted octanol–water partition coefficient (Wildman–Crippen LogP) is 2.33. The van der Waals surface area contributed by atoms with Gasteiger partial charge in [0.25, 0.3) is 10.0 Å². The quantitative estimate of drug-likeness (QED) is 0.883. The van der Waals surface area contributed by atoms with E-state index in [0.29, 0.717) is 0 Å². The van der Waals surface area contributed by atoms with Crippen LogP contribution in [0.15, 0.2) is 45.9 Å². The SMILES string of the molecule is Cc1ccc(C(C)NS(=O)(=O)c2ccc(C(=O)O)o2)cc1. The summed E-state index contributed by atoms with van der Waals surface area (Å²) in [7, 11) is -3.91. The molecule has 1 atom stereocenters. The number of sulfonamides is 1. The van der Waals surface area contributed by atoms with Crippen molar-refractivity contribution in [1.82, 2.24) is 4.72 Å². The Bertz CT molecular complexity index is 746. The molecule has 1 aromatic carbocycles. The minimum Gasteiger partial charge on any atom is -0.475 e. The molecule has 0 saturated carbocycles. The van der Waals surface area contributed by atoms with E-state index in [4.69, 9.17) is 9.52 Å². The van der Waals surface area contributed by atoms with Gasteiger partial charge in [0.15, 0.2) is 0 Å². The second-order valence-electron chi connectivity index (χ2n) is 4.68. The van der Waals surface area contributed by atoms with Gasteiger partial charge < -0.3 is 9.52 Å². The molecule has 1 aromatic heterocycles. The number of benzene rings is 1. The zero-order valence-electron chi connectivity index (χ0n) is 11.5. The van der Waals surface area contributed by atoms with E-state index in [2.05, 4.69) is 4.72 Å². The molecule has 0 bridgehead atoms. The van der Waals surface area contributed by atoms with E-state index in [9.17, 15) is 13.2 Å². The van der Waals surface area contributed by atoms with Crippen molar-refractivity contribution in [2.45, 2.75) is 25.0 Å². The van der Waals surface area contributed by atoms with Crippen molar-refractivity contribution in [3.8, 4) is 0 Å². The molecule has 1 unspecified atom stereocenters. The Morgan fingerprint density at radius 2 is 1.81 bits per heavy atom. The summed E-state index contributed by atoms with van der Waals surface area (Å²) in [6.07, 6.45) is 0. The fourth-order valence-electron chi connectivity index (χ4n) is 1.79. The van der Waals surface area contributed by atoms with Crippen LogP contribution in [-0.2, 0) is 10.0 Å². The maximum Gasteiger partial charge on any atom is 0.371 e. The van der Waals surface area contributed by atoms with Crippen LogP contribution in [0.2, 0.25) is 0 Å². The molecule has 0 aliphatic carbocycles. The molecule has 0 radical (unpaired) electrons. The van der Waals surface area contributed by atoms with E-state index in [-0.39, 0.29) is 0 Å². The maximum absolute atomic E-state index is 12.1. The van der Waals surface area contributed by atoms with Crippen molar-refractivity contribution in [1.29, 1.82) is 0 Å². The highest BCUT2D eigenvalue weighted by molar-refractivity contribution is 7.89. The van der Waals surface area contributed by atoms with E-state index in [1.807, 2.05) is 31.2 Å². The minimum atomic E-state index is -3.91. The molecule has 1 heterocycles. The lowest BCUT2D eigenvalue weighted by atomic mass is 10.1. The average Bonchev–Trinajstić information content (AvgIpc) is 2.89. The van der Waals surface area contributed by atoms with Crippen molar-refractivity contribution in [2.24, 2.45) is 0 Å². The highest BCUT2D eigenvalue weighted by Gasteiger charge is 2.23. The number of hydrogen-bond donors (Lipinski definition) is 2. The average molecular weight is 309 g/mol. The largest absolute Gasteiger partial charge is 0.475 e. The van der Waals surface area contributed by atoms with Gasteiger partial charge in [-0.2, -0.15) is 0 Å². The standard InChI is InChI=1S/C14H15NO5S/c1-9-3-5-11(6-4-9)10(2)15-21(18,19)13-8-7-12(20-13)14(16)17/h3-8,10,15H,1-2H3,(H,16,17). The van der Waals surface area contributed by atoms with Crippen LogP contribution in [0, 0.1) is 6.92 Å². The summed E-state index contributed by atoms with van der Waals surface area (Å²) in [5.41, 5.74) is 1.88. The van der Waals surface area contributed by atoms with Crippen LogP contribution >= 0.6 is 0 Å². The molecule has 7 heteroatoms. The van der Waals surface area contributed by atoms with Crippen LogP contribution in [-0.4, -0.2) is 19.5 Å². The fourth-order valence-corrected chi connectivity index (χ4v) is 2.96. The lowest BCUT2D eigenvalue weighted by molar-refractivity contribution is 0.0656. The van der Waals surface area contributed by atoms with Gasteiger partial charge in [0, 0.05) is 6.04 Å². The highest BCUT2D eigenvalue weighted by Crippen LogP contribution is 2.19. The summed E-state index contributed by atoms with van der Waals surface area (Å²) in [5, 5.41) is 8.32. The van der Waals surface area contributed by atoms with E-state index < -0.39 is 32.9 Å². The molecule has 0 saturated heterocycles. The number of carbonyl (C=O) groups is 1. The van der Waals surface area contributed by atoms with Gasteiger partial charge in [-0.05, 0) is 31.5 Å². The summed E-state index contributed by atoms with van der Waals surface area (Å²) in [6, 6.07) is 9.18. The highest BCUT2D eigenvalue weighted by atomic mass is 32.2. The lowest BCUT2D eigenvalue weighted by Crippen LogP contribution is -2.26. The first-order chi connectivity index (χ1) is 9.79. The van der Waals surface area contributed by atoms with Gasteiger partial charge >= 0.3 is 5.97 Å². The zero-order valence-corrected chi connectivity index (χ0v) is 12.3. The van der Waals surface area contributed by atoms with Gasteiger partial charge in [0.05, 0.1) is 0 Å². The normalized spacial score (nSPS) is 13.0. The van der Waals surface area contributed by atoms with Crippen molar-refractivity contribution in [2.75, 3.05) is 0 Å². The van der Waals surface area contributed by atoms with Gasteiger partial charge in [0.2, 0.25) is 10.9 Å². The van der Waals surface area contributed by atoms with Gasteiger partial charge in [-0.15, -0.1) is 0 Å². The maximum atomic E-state index is 12.1. The van der Waals surface area contributed by atoms with E-state index in [0.717, 1.165) is 23.3 Å². The summed E-state index contributed by atoms with van der Waals surface area (Å²) in [4.78, 5) is 10.7. The molecule has 21 heavy (non-hydrogen) atoms. The lowest BCUT2D eigenvalue weighted by Gasteiger charge is -2.13. The van der Waals surface area contributed by atoms with Crippen LogP contribution in [0.1, 0.15) is 34.6 Å². The molecule has 0 aliphatic rings. The Morgan fingerprint density at radius 1 is 1.19 bits per heavy atom. The third-order valence-electron chi connectivity index (χ3n) is 2.97. The summed E-state index contributed by atoms with van der Waals surface area (Å²) in [5.74, 6) is -1.73. The first-order valence-corrected chi connectivity index (χ1v) is 7.70. The number of aryl methyl sites for hydroxylation is 1. The smallest absolute Gasteiger partial charge is 0.371 e. The van der Waals surface area contributed by atoms with Crippen molar-refractivity contribution < 1.29 is 22.7 Å². The number of nitrogens with one attached hydrogen (secondary N) is 1. The molecule has 2 N–H and O–H groups in total. The first-order valence-electron chi connectivity index (χ1n) is 6.21. The first kappa shape index (κ1) is 15.3. The number of rotatable bonds is 5. The molecule has 0 spiro atoms. The van der Waals surface area contributed by atoms with Gasteiger partial charge in [-0.25, -0.2) is 17.9 Å². The molecular weight excluding hydrogens is 294 g/mol. The second kappa shape index (κ2) is 5.71. The Morgan fingerprint density at radius 3 is 2.33 bits per heavy atom. The van der Waals surface area contributed by atoms with Crippen LogP contribution in [0.5, 0.6) is 0 Å². The third-order valence-corrected chi connectivity index (χ3v) is 4.38. The summed E-state index contributed by atoms with van der Waals surface area (Å²) in [6.45, 7) is 3.64. The molecule has 2 aromatic rings. The molecule has 112 valence electrons. The van der Waals surface area contributed by atoms with Gasteiger partial charge in [-0.3, -0.25) is 0 Å². The molecule has 0 amide bonds. The van der Waals surface area contributed by atoms with Gasteiger partial charge in [0.1, 0.15) is 0 Å². The number of carboxylic acid groups (broad SMARTS) is 1. The predicted molar refractivity (Wildman–Crippen MR) is 75.6 cm³/mol. The summed E-state index contributed by atoms with van der Waals surface area (Å²) < 4.78 is 31.5. The van der Waals surface area contributed by atoms with Crippen molar-refractivity contribution >= 4 is 16.0 Å². The minimum absolute atomic E-state index is 0.418. The molecule has 6 nitrogen and oxygen atoms in total. The second-order valence-corrected chi connectivity index (χ2v) is 6.32. The van der Waals surface area contributed by atoms with Crippen LogP contribution in [0.3, 0.4) is 0 Å². The molecule has 2 rings (SSSR count). The number of aromatic carboxylic acids is 1. The van der Waals surface area contributed by atoms with Crippen LogP contribution in [0.4, 0.5) is 0 Å². The zero-order chi connectivity index (χ0) is 15.6.